The van der Waals surface area contributed by atoms with Crippen molar-refractivity contribution in [3.05, 3.63) is 47.5 Å². The number of carbonyl (C=O) groups excluding carboxylic acids is 2. The van der Waals surface area contributed by atoms with Crippen LogP contribution >= 0.6 is 0 Å². The van der Waals surface area contributed by atoms with Crippen LogP contribution in [0.2, 0.25) is 0 Å². The van der Waals surface area contributed by atoms with Gasteiger partial charge in [-0.15, -0.1) is 0 Å². The Morgan fingerprint density at radius 3 is 2.33 bits per heavy atom. The Balaban J connectivity index is 1.56. The average Bonchev–Trinajstić information content (AvgIpc) is 2.95. The highest BCUT2D eigenvalue weighted by molar-refractivity contribution is 5.96. The highest BCUT2D eigenvalue weighted by atomic mass is 19.4. The maximum absolute atomic E-state index is 14.0. The third-order valence-electron chi connectivity index (χ3n) is 7.27. The number of pyridine rings is 1. The van der Waals surface area contributed by atoms with Crippen molar-refractivity contribution in [2.45, 2.75) is 37.5 Å². The summed E-state index contributed by atoms with van der Waals surface area (Å²) in [6, 6.07) is 8.32. The highest BCUT2D eigenvalue weighted by Gasteiger charge is 2.61. The number of aromatic nitrogens is 1. The van der Waals surface area contributed by atoms with Gasteiger partial charge < -0.3 is 29.3 Å². The van der Waals surface area contributed by atoms with E-state index in [0.717, 1.165) is 49.4 Å². The first-order valence-corrected chi connectivity index (χ1v) is 13.0. The van der Waals surface area contributed by atoms with E-state index in [1.807, 2.05) is 0 Å². The normalized spacial score (nSPS) is 15.8. The summed E-state index contributed by atoms with van der Waals surface area (Å²) in [5.74, 6) is -0.224. The number of anilines is 1. The predicted molar refractivity (Wildman–Crippen MR) is 144 cm³/mol. The van der Waals surface area contributed by atoms with Gasteiger partial charge in [0.25, 0.3) is 17.4 Å². The number of alkyl halides is 3. The molecule has 2 heterocycles. The van der Waals surface area contributed by atoms with Crippen molar-refractivity contribution in [3.63, 3.8) is 0 Å². The Bertz CT molecular complexity index is 1180. The topological polar surface area (TPSA) is 95.4 Å². The highest BCUT2D eigenvalue weighted by Crippen LogP contribution is 2.41. The first-order chi connectivity index (χ1) is 18.8. The van der Waals surface area contributed by atoms with Crippen molar-refractivity contribution in [1.82, 2.24) is 14.8 Å². The Hall–Kier alpha value is -3.54. The summed E-state index contributed by atoms with van der Waals surface area (Å²) >= 11 is 0. The fourth-order valence-corrected chi connectivity index (χ4v) is 4.87. The number of halogens is 3. The summed E-state index contributed by atoms with van der Waals surface area (Å²) in [7, 11) is 7.35. The maximum atomic E-state index is 14.0. The third-order valence-corrected chi connectivity index (χ3v) is 7.27. The largest absolute Gasteiger partial charge is 0.497 e. The minimum Gasteiger partial charge on any atom is -0.497 e. The number of rotatable bonds is 10. The number of ether oxygens (including phenoxy) is 2. The molecule has 1 aromatic heterocycles. The van der Waals surface area contributed by atoms with Crippen molar-refractivity contribution in [1.29, 1.82) is 0 Å². The molecular formula is C28H37F3N4O5. The van der Waals surface area contributed by atoms with Gasteiger partial charge in [0.1, 0.15) is 17.1 Å². The van der Waals surface area contributed by atoms with E-state index in [-0.39, 0.29) is 24.1 Å². The molecule has 0 spiro atoms. The van der Waals surface area contributed by atoms with Gasteiger partial charge in [0.05, 0.1) is 14.2 Å². The van der Waals surface area contributed by atoms with Gasteiger partial charge in [-0.25, -0.2) is 0 Å². The summed E-state index contributed by atoms with van der Waals surface area (Å²) < 4.78 is 52.3. The Kier molecular flexibility index (Phi) is 9.88. The standard InChI is InChI=1S/C28H37F3N4O5/c1-33(2)25(36)22-11-12-23(32-24(22)40-5)35-16-13-19(14-17-35)8-7-15-34(3)26(37)27(38,28(29,30)31)20-9-6-10-21(18-20)39-4/h6,9-12,18-19,38H,7-8,13-17H2,1-5H3. The molecule has 9 nitrogen and oxygen atoms in total. The van der Waals surface area contributed by atoms with Gasteiger partial charge in [0.15, 0.2) is 0 Å². The summed E-state index contributed by atoms with van der Waals surface area (Å²) in [5.41, 5.74) is -3.89. The van der Waals surface area contributed by atoms with Crippen molar-refractivity contribution in [2.24, 2.45) is 5.92 Å². The summed E-state index contributed by atoms with van der Waals surface area (Å²) in [6.45, 7) is 1.52. The zero-order chi connectivity index (χ0) is 29.7. The number of carbonyl (C=O) groups is 2. The second kappa shape index (κ2) is 12.8. The SMILES string of the molecule is COc1cccc(C(O)(C(=O)N(C)CCCC2CCN(c3ccc(C(=O)N(C)C)c(OC)n3)CC2)C(F)(F)F)c1. The van der Waals surface area contributed by atoms with Crippen LogP contribution in [-0.4, -0.2) is 92.9 Å². The molecule has 0 aliphatic carbocycles. The summed E-state index contributed by atoms with van der Waals surface area (Å²) in [6.07, 6.45) is -2.31. The van der Waals surface area contributed by atoms with Gasteiger partial charge in [0.2, 0.25) is 5.88 Å². The molecule has 2 amide bonds. The maximum Gasteiger partial charge on any atom is 0.430 e. The molecule has 40 heavy (non-hydrogen) atoms. The van der Waals surface area contributed by atoms with Crippen molar-refractivity contribution >= 4 is 17.6 Å². The van der Waals surface area contributed by atoms with Gasteiger partial charge in [-0.05, 0) is 55.9 Å². The number of benzene rings is 1. The lowest BCUT2D eigenvalue weighted by atomic mass is 9.90. The number of nitrogens with zero attached hydrogens (tertiary/aromatic N) is 4. The van der Waals surface area contributed by atoms with E-state index in [4.69, 9.17) is 9.47 Å². The number of likely N-dealkylation sites (N-methyl/N-ethyl adjacent to an activating group) is 1. The van der Waals surface area contributed by atoms with E-state index in [1.165, 1.54) is 38.3 Å². The number of hydrogen-bond donors (Lipinski definition) is 1. The Morgan fingerprint density at radius 2 is 1.75 bits per heavy atom. The number of amides is 2. The fraction of sp³-hybridized carbons (Fsp3) is 0.536. The zero-order valence-electron chi connectivity index (χ0n) is 23.5. The number of aliphatic hydroxyl groups is 1. The van der Waals surface area contributed by atoms with Gasteiger partial charge in [-0.1, -0.05) is 12.1 Å². The molecule has 12 heteroatoms. The van der Waals surface area contributed by atoms with Gasteiger partial charge >= 0.3 is 6.18 Å². The van der Waals surface area contributed by atoms with E-state index in [1.54, 1.807) is 26.2 Å². The Labute approximate surface area is 232 Å². The van der Waals surface area contributed by atoms with Crippen LogP contribution in [0.4, 0.5) is 19.0 Å². The van der Waals surface area contributed by atoms with E-state index in [9.17, 15) is 27.9 Å². The van der Waals surface area contributed by atoms with Crippen LogP contribution in [0.15, 0.2) is 36.4 Å². The molecule has 1 aliphatic rings. The van der Waals surface area contributed by atoms with Crippen LogP contribution in [0.5, 0.6) is 11.6 Å². The van der Waals surface area contributed by atoms with Gasteiger partial charge in [-0.3, -0.25) is 9.59 Å². The number of hydrogen-bond acceptors (Lipinski definition) is 7. The first-order valence-electron chi connectivity index (χ1n) is 13.0. The van der Waals surface area contributed by atoms with Crippen LogP contribution in [0, 0.1) is 5.92 Å². The van der Waals surface area contributed by atoms with Crippen LogP contribution in [0.1, 0.15) is 41.6 Å². The quantitative estimate of drug-likeness (QED) is 0.469. The Morgan fingerprint density at radius 1 is 1.07 bits per heavy atom. The molecule has 1 aromatic carbocycles. The van der Waals surface area contributed by atoms with E-state index in [2.05, 4.69) is 9.88 Å². The fourth-order valence-electron chi connectivity index (χ4n) is 4.87. The van der Waals surface area contributed by atoms with Crippen molar-refractivity contribution in [2.75, 3.05) is 59.9 Å². The van der Waals surface area contributed by atoms with E-state index < -0.39 is 23.2 Å². The smallest absolute Gasteiger partial charge is 0.430 e. The minimum atomic E-state index is -5.22. The lowest BCUT2D eigenvalue weighted by Gasteiger charge is -2.34. The molecule has 220 valence electrons. The van der Waals surface area contributed by atoms with Crippen molar-refractivity contribution in [3.8, 4) is 11.6 Å². The van der Waals surface area contributed by atoms with Gasteiger partial charge in [-0.2, -0.15) is 18.2 Å². The molecule has 1 atom stereocenters. The first kappa shape index (κ1) is 31.0. The second-order valence-corrected chi connectivity index (χ2v) is 10.2. The van der Waals surface area contributed by atoms with Crippen LogP contribution < -0.4 is 14.4 Å². The molecule has 1 aliphatic heterocycles. The van der Waals surface area contributed by atoms with Crippen LogP contribution in [-0.2, 0) is 10.4 Å². The zero-order valence-corrected chi connectivity index (χ0v) is 23.5. The molecular weight excluding hydrogens is 529 g/mol. The molecule has 1 saturated heterocycles. The summed E-state index contributed by atoms with van der Waals surface area (Å²) in [5, 5.41) is 10.7. The van der Waals surface area contributed by atoms with E-state index >= 15 is 0 Å². The average molecular weight is 567 g/mol. The van der Waals surface area contributed by atoms with E-state index in [0.29, 0.717) is 23.7 Å². The molecule has 0 radical (unpaired) electrons. The predicted octanol–water partition coefficient (Wildman–Crippen LogP) is 3.71. The third kappa shape index (κ3) is 6.60. The van der Waals surface area contributed by atoms with Crippen LogP contribution in [0.3, 0.4) is 0 Å². The molecule has 1 fully saturated rings. The molecule has 3 rings (SSSR count). The number of methoxy groups -OCH3 is 2. The molecule has 2 aromatic rings. The molecule has 0 bridgehead atoms. The van der Waals surface area contributed by atoms with Crippen molar-refractivity contribution < 1.29 is 37.3 Å². The van der Waals surface area contributed by atoms with Gasteiger partial charge in [0, 0.05) is 46.3 Å². The van der Waals surface area contributed by atoms with Crippen LogP contribution in [0.25, 0.3) is 0 Å². The second-order valence-electron chi connectivity index (χ2n) is 10.2. The number of piperidine rings is 1. The minimum absolute atomic E-state index is 0.0710. The summed E-state index contributed by atoms with van der Waals surface area (Å²) in [4.78, 5) is 34.3. The molecule has 1 unspecified atom stereocenters. The molecule has 1 N–H and O–H groups in total. The lowest BCUT2D eigenvalue weighted by molar-refractivity contribution is -0.261. The monoisotopic (exact) mass is 566 g/mol. The molecule has 0 saturated carbocycles. The lowest BCUT2D eigenvalue weighted by Crippen LogP contribution is -2.55.